The molecule has 0 aromatic heterocycles. The van der Waals surface area contributed by atoms with Crippen LogP contribution in [0, 0.1) is 40.4 Å². The molecule has 1 aliphatic heterocycles. The first kappa shape index (κ1) is 15.8. The summed E-state index contributed by atoms with van der Waals surface area (Å²) in [4.78, 5) is 12.2. The minimum atomic E-state index is -0.232. The van der Waals surface area contributed by atoms with E-state index in [9.17, 15) is 9.90 Å². The van der Waals surface area contributed by atoms with Gasteiger partial charge in [0.1, 0.15) is 5.78 Å². The number of hydrogen-bond acceptors (Lipinski definition) is 3. The van der Waals surface area contributed by atoms with Crippen molar-refractivity contribution in [1.29, 1.82) is 0 Å². The van der Waals surface area contributed by atoms with Crippen LogP contribution >= 0.6 is 0 Å². The van der Waals surface area contributed by atoms with Gasteiger partial charge in [-0.1, -0.05) is 6.92 Å². The van der Waals surface area contributed by atoms with Crippen molar-refractivity contribution in [1.82, 2.24) is 0 Å². The molecular weight excluding hydrogens is 300 g/mol. The van der Waals surface area contributed by atoms with Crippen LogP contribution in [0.25, 0.3) is 0 Å². The molecule has 0 unspecified atom stereocenters. The molecule has 4 aliphatic carbocycles. The van der Waals surface area contributed by atoms with E-state index in [2.05, 4.69) is 6.92 Å². The Morgan fingerprint density at radius 1 is 1.12 bits per heavy atom. The van der Waals surface area contributed by atoms with Gasteiger partial charge in [-0.15, -0.1) is 0 Å². The van der Waals surface area contributed by atoms with Crippen molar-refractivity contribution in [2.45, 2.75) is 77.4 Å². The van der Waals surface area contributed by atoms with E-state index in [1.165, 1.54) is 32.1 Å². The molecule has 5 rings (SSSR count). The Labute approximate surface area is 145 Å². The smallest absolute Gasteiger partial charge is 0.133 e. The molecule has 24 heavy (non-hydrogen) atoms. The molecule has 3 nitrogen and oxygen atoms in total. The molecule has 5 fully saturated rings. The van der Waals surface area contributed by atoms with Gasteiger partial charge < -0.3 is 9.84 Å². The number of hydrogen-bond donors (Lipinski definition) is 1. The fourth-order valence-corrected chi connectivity index (χ4v) is 8.40. The average molecular weight is 332 g/mol. The average Bonchev–Trinajstić information content (AvgIpc) is 3.09. The molecule has 3 heteroatoms. The standard InChI is InChI=1S/C21H32O3/c1-12(22)15-5-6-16-14-4-3-13-9-18(23)19-10-21(13,11-24-19)17(14)7-8-20(15,16)2/h13-19,23H,3-11H2,1-2H3/t13-,14-,15+,16-,17-,18-,19-,20+,21+/m0/s1. The first-order valence-electron chi connectivity index (χ1n) is 10.3. The fourth-order valence-electron chi connectivity index (χ4n) is 8.40. The summed E-state index contributed by atoms with van der Waals surface area (Å²) in [6, 6.07) is 0. The van der Waals surface area contributed by atoms with Crippen molar-refractivity contribution in [3.63, 3.8) is 0 Å². The van der Waals surface area contributed by atoms with Crippen LogP contribution in [0.1, 0.15) is 65.2 Å². The number of aliphatic hydroxyl groups excluding tert-OH is 1. The van der Waals surface area contributed by atoms with Gasteiger partial charge in [-0.25, -0.2) is 0 Å². The van der Waals surface area contributed by atoms with E-state index in [0.29, 0.717) is 23.0 Å². The molecule has 2 bridgehead atoms. The number of carbonyl (C=O) groups is 1. The second kappa shape index (κ2) is 5.07. The summed E-state index contributed by atoms with van der Waals surface area (Å²) in [5.41, 5.74) is 0.603. The third-order valence-electron chi connectivity index (χ3n) is 9.43. The van der Waals surface area contributed by atoms with E-state index in [0.717, 1.165) is 43.6 Å². The lowest BCUT2D eigenvalue weighted by atomic mass is 9.44. The lowest BCUT2D eigenvalue weighted by Gasteiger charge is -2.59. The van der Waals surface area contributed by atoms with Gasteiger partial charge in [0.05, 0.1) is 18.8 Å². The first-order valence-corrected chi connectivity index (χ1v) is 10.3. The van der Waals surface area contributed by atoms with E-state index < -0.39 is 0 Å². The number of rotatable bonds is 1. The van der Waals surface area contributed by atoms with Gasteiger partial charge in [-0.2, -0.15) is 0 Å². The van der Waals surface area contributed by atoms with Crippen LogP contribution in [0.15, 0.2) is 0 Å². The monoisotopic (exact) mass is 332 g/mol. The minimum absolute atomic E-state index is 0.0989. The van der Waals surface area contributed by atoms with Crippen LogP contribution in [0.4, 0.5) is 0 Å². The summed E-state index contributed by atoms with van der Waals surface area (Å²) in [5, 5.41) is 10.4. The lowest BCUT2D eigenvalue weighted by Crippen LogP contribution is -2.55. The number of Topliss-reactive ketones (excluding diaryl/α,β-unsaturated/α-hetero) is 1. The van der Waals surface area contributed by atoms with Gasteiger partial charge in [0.15, 0.2) is 0 Å². The fraction of sp³-hybridized carbons (Fsp3) is 0.952. The summed E-state index contributed by atoms with van der Waals surface area (Å²) in [5.74, 6) is 3.71. The zero-order chi connectivity index (χ0) is 16.7. The highest BCUT2D eigenvalue weighted by Gasteiger charge is 2.65. The molecule has 5 aliphatic rings. The predicted molar refractivity (Wildman–Crippen MR) is 91.4 cm³/mol. The second-order valence-corrected chi connectivity index (χ2v) is 10.0. The maximum Gasteiger partial charge on any atom is 0.133 e. The van der Waals surface area contributed by atoms with Crippen LogP contribution in [0.2, 0.25) is 0 Å². The lowest BCUT2D eigenvalue weighted by molar-refractivity contribution is -0.134. The van der Waals surface area contributed by atoms with Crippen molar-refractivity contribution in [3.8, 4) is 0 Å². The van der Waals surface area contributed by atoms with Crippen LogP contribution in [-0.2, 0) is 9.53 Å². The summed E-state index contributed by atoms with van der Waals surface area (Å²) < 4.78 is 6.09. The molecule has 0 radical (unpaired) electrons. The molecule has 134 valence electrons. The molecular formula is C21H32O3. The molecule has 4 saturated carbocycles. The van der Waals surface area contributed by atoms with Crippen molar-refractivity contribution >= 4 is 5.78 Å². The molecule has 0 aromatic carbocycles. The predicted octanol–water partition coefficient (Wildman–Crippen LogP) is 3.58. The van der Waals surface area contributed by atoms with E-state index in [1.807, 2.05) is 6.92 Å². The van der Waals surface area contributed by atoms with E-state index in [1.54, 1.807) is 0 Å². The molecule has 0 aromatic rings. The Kier molecular flexibility index (Phi) is 3.34. The summed E-state index contributed by atoms with van der Waals surface area (Å²) >= 11 is 0. The topological polar surface area (TPSA) is 46.5 Å². The highest BCUT2D eigenvalue weighted by molar-refractivity contribution is 5.79. The van der Waals surface area contributed by atoms with Crippen LogP contribution in [0.3, 0.4) is 0 Å². The Morgan fingerprint density at radius 2 is 1.96 bits per heavy atom. The van der Waals surface area contributed by atoms with Crippen molar-refractivity contribution in [2.24, 2.45) is 40.4 Å². The van der Waals surface area contributed by atoms with E-state index >= 15 is 0 Å². The highest BCUT2D eigenvalue weighted by Crippen LogP contribution is 2.68. The zero-order valence-corrected chi connectivity index (χ0v) is 15.2. The third-order valence-corrected chi connectivity index (χ3v) is 9.43. The van der Waals surface area contributed by atoms with Gasteiger partial charge in [0, 0.05) is 11.3 Å². The largest absolute Gasteiger partial charge is 0.390 e. The summed E-state index contributed by atoms with van der Waals surface area (Å²) in [6.07, 6.45) is 9.40. The third kappa shape index (κ3) is 1.84. The Hall–Kier alpha value is -0.410. The number of ketones is 1. The van der Waals surface area contributed by atoms with Crippen molar-refractivity contribution in [2.75, 3.05) is 6.61 Å². The zero-order valence-electron chi connectivity index (χ0n) is 15.2. The van der Waals surface area contributed by atoms with Crippen LogP contribution < -0.4 is 0 Å². The van der Waals surface area contributed by atoms with E-state index in [-0.39, 0.29) is 17.6 Å². The maximum absolute atomic E-state index is 12.2. The SMILES string of the molecule is CC(=O)[C@H]1CC[C@H]2[C@@H]3CC[C@H]4C[C@H](O)[C@@H]5C[C@]4(CO5)[C@H]3CC[C@]12C. The van der Waals surface area contributed by atoms with Crippen LogP contribution in [-0.4, -0.2) is 29.7 Å². The van der Waals surface area contributed by atoms with E-state index in [4.69, 9.17) is 4.74 Å². The van der Waals surface area contributed by atoms with Gasteiger partial charge in [-0.3, -0.25) is 4.79 Å². The molecule has 9 atom stereocenters. The Balaban J connectivity index is 1.47. The molecule has 1 heterocycles. The second-order valence-electron chi connectivity index (χ2n) is 10.0. The molecule has 0 amide bonds. The quantitative estimate of drug-likeness (QED) is 0.798. The van der Waals surface area contributed by atoms with Gasteiger partial charge in [0.2, 0.25) is 0 Å². The minimum Gasteiger partial charge on any atom is -0.390 e. The molecule has 1 spiro atoms. The highest BCUT2D eigenvalue weighted by atomic mass is 16.5. The number of ether oxygens (including phenoxy) is 1. The van der Waals surface area contributed by atoms with Crippen molar-refractivity contribution in [3.05, 3.63) is 0 Å². The van der Waals surface area contributed by atoms with Gasteiger partial charge in [-0.05, 0) is 87.4 Å². The number of fused-ring (bicyclic) bond motifs is 4. The molecule has 1 saturated heterocycles. The normalized spacial score (nSPS) is 58.7. The Bertz CT molecular complexity index is 559. The summed E-state index contributed by atoms with van der Waals surface area (Å²) in [6.45, 7) is 5.13. The maximum atomic E-state index is 12.2. The number of carbonyl (C=O) groups excluding carboxylic acids is 1. The first-order chi connectivity index (χ1) is 11.5. The summed E-state index contributed by atoms with van der Waals surface area (Å²) in [7, 11) is 0. The van der Waals surface area contributed by atoms with Crippen molar-refractivity contribution < 1.29 is 14.6 Å². The molecule has 1 N–H and O–H groups in total. The Morgan fingerprint density at radius 3 is 2.75 bits per heavy atom. The number of aliphatic hydroxyl groups is 1. The van der Waals surface area contributed by atoms with Gasteiger partial charge >= 0.3 is 0 Å². The van der Waals surface area contributed by atoms with Gasteiger partial charge in [0.25, 0.3) is 0 Å². The van der Waals surface area contributed by atoms with Crippen LogP contribution in [0.5, 0.6) is 0 Å².